The van der Waals surface area contributed by atoms with Gasteiger partial charge in [0.05, 0.1) is 6.10 Å². The molecule has 0 aliphatic heterocycles. The zero-order valence-corrected chi connectivity index (χ0v) is 12.7. The molecule has 1 heteroatoms. The van der Waals surface area contributed by atoms with Crippen LogP contribution in [0.1, 0.15) is 51.0 Å². The smallest absolute Gasteiger partial charge is 0.0628 e. The van der Waals surface area contributed by atoms with E-state index in [2.05, 4.69) is 49.4 Å². The van der Waals surface area contributed by atoms with Crippen molar-refractivity contribution in [2.24, 2.45) is 11.8 Å². The van der Waals surface area contributed by atoms with E-state index in [-0.39, 0.29) is 12.0 Å². The van der Waals surface area contributed by atoms with Crippen LogP contribution in [0.4, 0.5) is 0 Å². The second-order valence-corrected chi connectivity index (χ2v) is 6.20. The number of benzene rings is 1. The van der Waals surface area contributed by atoms with E-state index in [1.165, 1.54) is 37.7 Å². The molecule has 1 aromatic rings. The molecule has 1 aliphatic carbocycles. The van der Waals surface area contributed by atoms with Gasteiger partial charge < -0.3 is 5.11 Å². The Morgan fingerprint density at radius 3 is 2.55 bits per heavy atom. The number of hydrogen-bond acceptors (Lipinski definition) is 1. The summed E-state index contributed by atoms with van der Waals surface area (Å²) in [6, 6.07) is 10.6. The average Bonchev–Trinajstić information content (AvgIpc) is 2.52. The maximum absolute atomic E-state index is 10.4. The van der Waals surface area contributed by atoms with Crippen molar-refractivity contribution in [2.75, 3.05) is 0 Å². The first-order valence-corrected chi connectivity index (χ1v) is 8.16. The molecule has 0 amide bonds. The third-order valence-corrected chi connectivity index (χ3v) is 4.55. The van der Waals surface area contributed by atoms with Crippen molar-refractivity contribution in [3.8, 4) is 0 Å². The number of aliphatic hydroxyl groups is 1. The van der Waals surface area contributed by atoms with Crippen molar-refractivity contribution in [3.05, 3.63) is 48.0 Å². The van der Waals surface area contributed by atoms with Gasteiger partial charge in [-0.15, -0.1) is 0 Å². The van der Waals surface area contributed by atoms with E-state index in [9.17, 15) is 5.11 Å². The molecule has 1 fully saturated rings. The van der Waals surface area contributed by atoms with Gasteiger partial charge in [0.1, 0.15) is 0 Å². The molecule has 0 radical (unpaired) electrons. The van der Waals surface area contributed by atoms with Crippen LogP contribution in [0.3, 0.4) is 0 Å². The van der Waals surface area contributed by atoms with Crippen molar-refractivity contribution in [1.82, 2.24) is 0 Å². The summed E-state index contributed by atoms with van der Waals surface area (Å²) in [6.45, 7) is 2.15. The summed E-state index contributed by atoms with van der Waals surface area (Å²) in [6.07, 6.45) is 12.8. The normalized spacial score (nSPS) is 20.1. The molecule has 2 rings (SSSR count). The Balaban J connectivity index is 1.72. The first-order chi connectivity index (χ1) is 9.77. The maximum Gasteiger partial charge on any atom is 0.0628 e. The largest absolute Gasteiger partial charge is 0.392 e. The third-order valence-electron chi connectivity index (χ3n) is 4.55. The lowest BCUT2D eigenvalue weighted by Crippen LogP contribution is -2.28. The number of allylic oxidation sites excluding steroid dienone is 1. The van der Waals surface area contributed by atoms with E-state index in [1.807, 2.05) is 0 Å². The first-order valence-electron chi connectivity index (χ1n) is 8.16. The molecular formula is C19H28O. The molecule has 1 N–H and O–H groups in total. The van der Waals surface area contributed by atoms with E-state index >= 15 is 0 Å². The fourth-order valence-electron chi connectivity index (χ4n) is 3.22. The van der Waals surface area contributed by atoms with E-state index in [0.29, 0.717) is 5.92 Å². The van der Waals surface area contributed by atoms with Gasteiger partial charge in [-0.2, -0.15) is 0 Å². The van der Waals surface area contributed by atoms with Gasteiger partial charge in [0.2, 0.25) is 0 Å². The van der Waals surface area contributed by atoms with Crippen LogP contribution < -0.4 is 0 Å². The molecule has 0 aromatic heterocycles. The molecule has 0 heterocycles. The van der Waals surface area contributed by atoms with E-state index in [4.69, 9.17) is 0 Å². The van der Waals surface area contributed by atoms with Crippen LogP contribution >= 0.6 is 0 Å². The lowest BCUT2D eigenvalue weighted by Gasteiger charge is -2.29. The van der Waals surface area contributed by atoms with Crippen LogP contribution in [-0.2, 0) is 6.42 Å². The zero-order valence-electron chi connectivity index (χ0n) is 12.7. The fourth-order valence-corrected chi connectivity index (χ4v) is 3.22. The lowest BCUT2D eigenvalue weighted by atomic mass is 9.81. The molecule has 1 saturated carbocycles. The van der Waals surface area contributed by atoms with Crippen molar-refractivity contribution < 1.29 is 5.11 Å². The molecule has 1 nitrogen and oxygen atoms in total. The Kier molecular flexibility index (Phi) is 6.32. The molecule has 20 heavy (non-hydrogen) atoms. The molecule has 0 saturated heterocycles. The quantitative estimate of drug-likeness (QED) is 0.741. The van der Waals surface area contributed by atoms with Crippen LogP contribution in [0.5, 0.6) is 0 Å². The van der Waals surface area contributed by atoms with E-state index in [1.54, 1.807) is 0 Å². The highest BCUT2D eigenvalue weighted by molar-refractivity contribution is 5.15. The van der Waals surface area contributed by atoms with Crippen LogP contribution in [0.2, 0.25) is 0 Å². The van der Waals surface area contributed by atoms with Gasteiger partial charge in [-0.25, -0.2) is 0 Å². The fraction of sp³-hybridized carbons (Fsp3) is 0.579. The second-order valence-electron chi connectivity index (χ2n) is 6.20. The highest BCUT2D eigenvalue weighted by Crippen LogP contribution is 2.29. The Labute approximate surface area is 123 Å². The van der Waals surface area contributed by atoms with Gasteiger partial charge in [0.15, 0.2) is 0 Å². The molecule has 0 spiro atoms. The molecule has 1 aromatic carbocycles. The van der Waals surface area contributed by atoms with Crippen LogP contribution in [0.25, 0.3) is 0 Å². The molecule has 0 bridgehead atoms. The van der Waals surface area contributed by atoms with Gasteiger partial charge in [-0.1, -0.05) is 68.7 Å². The predicted molar refractivity (Wildman–Crippen MR) is 85.6 cm³/mol. The summed E-state index contributed by atoms with van der Waals surface area (Å²) in [5.41, 5.74) is 1.39. The summed E-state index contributed by atoms with van der Waals surface area (Å²) in [4.78, 5) is 0. The SMILES string of the molecule is C[C@H](/C=C\CCc1ccccc1)[C@@H](O)C1CCCCC1. The standard InChI is InChI=1S/C19H28O/c1-16(19(20)18-14-6-3-7-15-18)10-8-9-13-17-11-4-2-5-12-17/h2,4-5,8,10-12,16,18-20H,3,6-7,9,13-15H2,1H3/b10-8-/t16-,19-/m1/s1. The molecular weight excluding hydrogens is 244 g/mol. The minimum atomic E-state index is -0.150. The van der Waals surface area contributed by atoms with E-state index < -0.39 is 0 Å². The Bertz CT molecular complexity index is 389. The molecule has 0 unspecified atom stereocenters. The summed E-state index contributed by atoms with van der Waals surface area (Å²) >= 11 is 0. The number of aryl methyl sites for hydroxylation is 1. The van der Waals surface area contributed by atoms with Crippen LogP contribution in [-0.4, -0.2) is 11.2 Å². The van der Waals surface area contributed by atoms with Crippen LogP contribution in [0, 0.1) is 11.8 Å². The number of rotatable bonds is 6. The first kappa shape index (κ1) is 15.3. The zero-order chi connectivity index (χ0) is 14.2. The molecule has 1 aliphatic rings. The number of hydrogen-bond donors (Lipinski definition) is 1. The van der Waals surface area contributed by atoms with Crippen LogP contribution in [0.15, 0.2) is 42.5 Å². The predicted octanol–water partition coefficient (Wildman–Crippen LogP) is 4.75. The minimum absolute atomic E-state index is 0.150. The summed E-state index contributed by atoms with van der Waals surface area (Å²) in [7, 11) is 0. The van der Waals surface area contributed by atoms with Gasteiger partial charge in [-0.05, 0) is 37.2 Å². The molecule has 110 valence electrons. The van der Waals surface area contributed by atoms with Crippen molar-refractivity contribution >= 4 is 0 Å². The van der Waals surface area contributed by atoms with Crippen molar-refractivity contribution in [1.29, 1.82) is 0 Å². The average molecular weight is 272 g/mol. The highest BCUT2D eigenvalue weighted by Gasteiger charge is 2.24. The van der Waals surface area contributed by atoms with Gasteiger partial charge >= 0.3 is 0 Å². The highest BCUT2D eigenvalue weighted by atomic mass is 16.3. The summed E-state index contributed by atoms with van der Waals surface area (Å²) in [5, 5.41) is 10.4. The van der Waals surface area contributed by atoms with Gasteiger partial charge in [0.25, 0.3) is 0 Å². The third kappa shape index (κ3) is 4.79. The Morgan fingerprint density at radius 2 is 1.85 bits per heavy atom. The Morgan fingerprint density at radius 1 is 1.15 bits per heavy atom. The summed E-state index contributed by atoms with van der Waals surface area (Å²) in [5.74, 6) is 0.811. The van der Waals surface area contributed by atoms with Crippen molar-refractivity contribution in [2.45, 2.75) is 58.0 Å². The van der Waals surface area contributed by atoms with Gasteiger partial charge in [0, 0.05) is 5.92 Å². The molecule has 2 atom stereocenters. The lowest BCUT2D eigenvalue weighted by molar-refractivity contribution is 0.0556. The Hall–Kier alpha value is -1.08. The monoisotopic (exact) mass is 272 g/mol. The topological polar surface area (TPSA) is 20.2 Å². The van der Waals surface area contributed by atoms with E-state index in [0.717, 1.165) is 12.8 Å². The summed E-state index contributed by atoms with van der Waals surface area (Å²) < 4.78 is 0. The maximum atomic E-state index is 10.4. The minimum Gasteiger partial charge on any atom is -0.392 e. The van der Waals surface area contributed by atoms with Gasteiger partial charge in [-0.3, -0.25) is 0 Å². The van der Waals surface area contributed by atoms with Crippen molar-refractivity contribution in [3.63, 3.8) is 0 Å². The second kappa shape index (κ2) is 8.26. The number of aliphatic hydroxyl groups excluding tert-OH is 1.